The molecule has 1 saturated heterocycles. The van der Waals surface area contributed by atoms with Gasteiger partial charge in [0.2, 0.25) is 5.91 Å². The second kappa shape index (κ2) is 8.62. The Morgan fingerprint density at radius 2 is 2.27 bits per heavy atom. The summed E-state index contributed by atoms with van der Waals surface area (Å²) < 4.78 is 1.85. The summed E-state index contributed by atoms with van der Waals surface area (Å²) in [5, 5.41) is 9.31. The normalized spacial score (nSPS) is 19.7. The zero-order valence-corrected chi connectivity index (χ0v) is 14.9. The number of carbonyl (C=O) groups is 2. The summed E-state index contributed by atoms with van der Waals surface area (Å²) in [6, 6.07) is 7.65. The van der Waals surface area contributed by atoms with Crippen LogP contribution in [0, 0.1) is 0 Å². The molecule has 2 heterocycles. The Labute approximate surface area is 153 Å². The fourth-order valence-electron chi connectivity index (χ4n) is 3.14. The van der Waals surface area contributed by atoms with E-state index in [-0.39, 0.29) is 17.9 Å². The third kappa shape index (κ3) is 5.16. The number of imidazole rings is 1. The Bertz CT molecular complexity index is 744. The number of hydrogen-bond acceptors (Lipinski definition) is 4. The van der Waals surface area contributed by atoms with Gasteiger partial charge in [-0.05, 0) is 44.5 Å². The van der Waals surface area contributed by atoms with Gasteiger partial charge in [-0.2, -0.15) is 0 Å². The van der Waals surface area contributed by atoms with Crippen LogP contribution in [0.4, 0.5) is 5.69 Å². The molecule has 1 aromatic heterocycles. The zero-order chi connectivity index (χ0) is 18.4. The standard InChI is InChI=1S/C19H25N5O2/c1-14-11-17(5-7-21-14)23-19(26)15-3-2-4-16(12-15)22-18(25)6-9-24-10-8-20-13-24/h2-4,8,10,12-14,17,21H,5-7,9,11H2,1H3,(H,22,25)(H,23,26). The van der Waals surface area contributed by atoms with E-state index in [2.05, 4.69) is 27.9 Å². The Balaban J connectivity index is 1.53. The molecule has 7 nitrogen and oxygen atoms in total. The molecule has 7 heteroatoms. The molecule has 2 amide bonds. The minimum atomic E-state index is -0.0985. The van der Waals surface area contributed by atoms with Crippen molar-refractivity contribution in [1.29, 1.82) is 0 Å². The van der Waals surface area contributed by atoms with Crippen LogP contribution >= 0.6 is 0 Å². The highest BCUT2D eigenvalue weighted by Gasteiger charge is 2.20. The maximum Gasteiger partial charge on any atom is 0.251 e. The van der Waals surface area contributed by atoms with Crippen molar-refractivity contribution >= 4 is 17.5 Å². The van der Waals surface area contributed by atoms with Gasteiger partial charge in [0.25, 0.3) is 5.91 Å². The van der Waals surface area contributed by atoms with E-state index in [1.54, 1.807) is 36.8 Å². The van der Waals surface area contributed by atoms with Crippen molar-refractivity contribution in [3.63, 3.8) is 0 Å². The molecule has 26 heavy (non-hydrogen) atoms. The van der Waals surface area contributed by atoms with Crippen molar-refractivity contribution in [2.24, 2.45) is 0 Å². The number of benzene rings is 1. The molecule has 0 bridgehead atoms. The van der Waals surface area contributed by atoms with E-state index < -0.39 is 0 Å². The maximum atomic E-state index is 12.5. The first-order valence-corrected chi connectivity index (χ1v) is 9.00. The van der Waals surface area contributed by atoms with Crippen LogP contribution in [0.25, 0.3) is 0 Å². The molecule has 138 valence electrons. The summed E-state index contributed by atoms with van der Waals surface area (Å²) in [5.74, 6) is -0.193. The summed E-state index contributed by atoms with van der Waals surface area (Å²) >= 11 is 0. The highest BCUT2D eigenvalue weighted by Crippen LogP contribution is 2.13. The van der Waals surface area contributed by atoms with E-state index in [1.807, 2.05) is 10.8 Å². The van der Waals surface area contributed by atoms with Crippen molar-refractivity contribution in [3.05, 3.63) is 48.5 Å². The Hall–Kier alpha value is -2.67. The van der Waals surface area contributed by atoms with Crippen molar-refractivity contribution < 1.29 is 9.59 Å². The highest BCUT2D eigenvalue weighted by atomic mass is 16.2. The monoisotopic (exact) mass is 355 g/mol. The van der Waals surface area contributed by atoms with E-state index in [0.29, 0.717) is 30.3 Å². The molecule has 0 spiro atoms. The Kier molecular flexibility index (Phi) is 6.01. The summed E-state index contributed by atoms with van der Waals surface area (Å²) in [6.45, 7) is 3.61. The predicted octanol–water partition coefficient (Wildman–Crippen LogP) is 1.78. The Morgan fingerprint density at radius 3 is 3.04 bits per heavy atom. The lowest BCUT2D eigenvalue weighted by Gasteiger charge is -2.28. The number of piperidine rings is 1. The van der Waals surface area contributed by atoms with Gasteiger partial charge in [-0.15, -0.1) is 0 Å². The topological polar surface area (TPSA) is 88.1 Å². The van der Waals surface area contributed by atoms with Crippen molar-refractivity contribution in [2.45, 2.75) is 44.8 Å². The smallest absolute Gasteiger partial charge is 0.251 e. The Morgan fingerprint density at radius 1 is 1.38 bits per heavy atom. The van der Waals surface area contributed by atoms with E-state index >= 15 is 0 Å². The molecule has 0 radical (unpaired) electrons. The van der Waals surface area contributed by atoms with Gasteiger partial charge in [-0.25, -0.2) is 4.98 Å². The number of aryl methyl sites for hydroxylation is 1. The van der Waals surface area contributed by atoms with Gasteiger partial charge in [0.1, 0.15) is 0 Å². The summed E-state index contributed by atoms with van der Waals surface area (Å²) in [4.78, 5) is 28.5. The molecule has 2 atom stereocenters. The van der Waals surface area contributed by atoms with Crippen LogP contribution in [-0.2, 0) is 11.3 Å². The lowest BCUT2D eigenvalue weighted by Crippen LogP contribution is -2.46. The molecular weight excluding hydrogens is 330 g/mol. The largest absolute Gasteiger partial charge is 0.349 e. The quantitative estimate of drug-likeness (QED) is 0.737. The average molecular weight is 355 g/mol. The fraction of sp³-hybridized carbons (Fsp3) is 0.421. The SMILES string of the molecule is CC1CC(NC(=O)c2cccc(NC(=O)CCn3ccnc3)c2)CCN1. The molecule has 2 aromatic rings. The summed E-state index contributed by atoms with van der Waals surface area (Å²) in [5.41, 5.74) is 1.19. The van der Waals surface area contributed by atoms with Gasteiger partial charge in [0, 0.05) is 48.7 Å². The third-order valence-electron chi connectivity index (χ3n) is 4.52. The lowest BCUT2D eigenvalue weighted by molar-refractivity contribution is -0.116. The van der Waals surface area contributed by atoms with Gasteiger partial charge in [0.05, 0.1) is 6.33 Å². The van der Waals surface area contributed by atoms with Crippen LogP contribution in [0.1, 0.15) is 36.5 Å². The molecular formula is C19H25N5O2. The minimum Gasteiger partial charge on any atom is -0.349 e. The number of carbonyl (C=O) groups excluding carboxylic acids is 2. The average Bonchev–Trinajstić information content (AvgIpc) is 3.14. The maximum absolute atomic E-state index is 12.5. The van der Waals surface area contributed by atoms with Crippen LogP contribution in [-0.4, -0.2) is 40.0 Å². The molecule has 1 aliphatic heterocycles. The van der Waals surface area contributed by atoms with Crippen LogP contribution in [0.5, 0.6) is 0 Å². The second-order valence-corrected chi connectivity index (χ2v) is 6.73. The van der Waals surface area contributed by atoms with E-state index in [1.165, 1.54) is 0 Å². The van der Waals surface area contributed by atoms with Gasteiger partial charge >= 0.3 is 0 Å². The lowest BCUT2D eigenvalue weighted by atomic mass is 10.00. The first-order valence-electron chi connectivity index (χ1n) is 9.00. The van der Waals surface area contributed by atoms with Gasteiger partial charge in [-0.3, -0.25) is 9.59 Å². The van der Waals surface area contributed by atoms with Gasteiger partial charge in [0.15, 0.2) is 0 Å². The molecule has 1 fully saturated rings. The second-order valence-electron chi connectivity index (χ2n) is 6.73. The molecule has 3 rings (SSSR count). The number of anilines is 1. The number of aromatic nitrogens is 2. The number of rotatable bonds is 6. The van der Waals surface area contributed by atoms with Crippen LogP contribution in [0.3, 0.4) is 0 Å². The van der Waals surface area contributed by atoms with Crippen molar-refractivity contribution in [2.75, 3.05) is 11.9 Å². The van der Waals surface area contributed by atoms with Crippen LogP contribution < -0.4 is 16.0 Å². The fourth-order valence-corrected chi connectivity index (χ4v) is 3.14. The van der Waals surface area contributed by atoms with E-state index in [0.717, 1.165) is 19.4 Å². The van der Waals surface area contributed by atoms with Crippen molar-refractivity contribution in [3.8, 4) is 0 Å². The minimum absolute atomic E-state index is 0.0940. The van der Waals surface area contributed by atoms with Crippen molar-refractivity contribution in [1.82, 2.24) is 20.2 Å². The third-order valence-corrected chi connectivity index (χ3v) is 4.52. The van der Waals surface area contributed by atoms with Crippen LogP contribution in [0.2, 0.25) is 0 Å². The van der Waals surface area contributed by atoms with Crippen LogP contribution in [0.15, 0.2) is 43.0 Å². The zero-order valence-electron chi connectivity index (χ0n) is 14.9. The summed E-state index contributed by atoms with van der Waals surface area (Å²) in [7, 11) is 0. The summed E-state index contributed by atoms with van der Waals surface area (Å²) in [6.07, 6.45) is 7.39. The first-order chi connectivity index (χ1) is 12.6. The molecule has 0 saturated carbocycles. The number of nitrogens with one attached hydrogen (secondary N) is 3. The molecule has 0 aliphatic carbocycles. The number of amides is 2. The first kappa shape index (κ1) is 18.1. The molecule has 3 N–H and O–H groups in total. The molecule has 1 aromatic carbocycles. The molecule has 2 unspecified atom stereocenters. The van der Waals surface area contributed by atoms with Gasteiger partial charge in [-0.1, -0.05) is 6.07 Å². The van der Waals surface area contributed by atoms with E-state index in [4.69, 9.17) is 0 Å². The number of nitrogens with zero attached hydrogens (tertiary/aromatic N) is 2. The highest BCUT2D eigenvalue weighted by molar-refractivity contribution is 5.97. The molecule has 1 aliphatic rings. The van der Waals surface area contributed by atoms with E-state index in [9.17, 15) is 9.59 Å². The predicted molar refractivity (Wildman–Crippen MR) is 99.9 cm³/mol. The van der Waals surface area contributed by atoms with Gasteiger partial charge < -0.3 is 20.5 Å². The number of hydrogen-bond donors (Lipinski definition) is 3.